The molecule has 0 aromatic carbocycles. The van der Waals surface area contributed by atoms with Crippen molar-refractivity contribution < 1.29 is 9.90 Å². The molecule has 0 spiro atoms. The van der Waals surface area contributed by atoms with Crippen LogP contribution in [0.15, 0.2) is 6.07 Å². The van der Waals surface area contributed by atoms with Gasteiger partial charge in [-0.25, -0.2) is 4.79 Å². The number of carbonyl (C=O) groups is 1. The lowest BCUT2D eigenvalue weighted by Crippen LogP contribution is -2.35. The summed E-state index contributed by atoms with van der Waals surface area (Å²) in [4.78, 5) is 18.7. The van der Waals surface area contributed by atoms with E-state index in [0.717, 1.165) is 37.3 Å². The minimum atomic E-state index is -0.879. The Morgan fingerprint density at radius 2 is 2.10 bits per heavy atom. The summed E-state index contributed by atoms with van der Waals surface area (Å²) in [5, 5.41) is 9.49. The number of carboxylic acids is 1. The van der Waals surface area contributed by atoms with Crippen LogP contribution in [0, 0.1) is 5.92 Å². The summed E-state index contributed by atoms with van der Waals surface area (Å²) in [7, 11) is 0. The van der Waals surface area contributed by atoms with Crippen molar-refractivity contribution in [3.05, 3.63) is 28.6 Å². The molecular weight excluding hydrogens is 264 g/mol. The van der Waals surface area contributed by atoms with Crippen LogP contribution in [0.1, 0.15) is 61.9 Å². The molecule has 0 atom stereocenters. The number of pyridine rings is 1. The molecule has 2 rings (SSSR count). The van der Waals surface area contributed by atoms with E-state index in [4.69, 9.17) is 4.98 Å². The molecule has 0 saturated carbocycles. The summed E-state index contributed by atoms with van der Waals surface area (Å²) >= 11 is 0. The fourth-order valence-electron chi connectivity index (χ4n) is 2.94. The highest BCUT2D eigenvalue weighted by atomic mass is 16.4. The van der Waals surface area contributed by atoms with E-state index in [9.17, 15) is 9.90 Å². The predicted octanol–water partition coefficient (Wildman–Crippen LogP) is 3.09. The minimum Gasteiger partial charge on any atom is -0.478 e. The first-order valence-electron chi connectivity index (χ1n) is 7.67. The molecule has 4 nitrogen and oxygen atoms in total. The monoisotopic (exact) mass is 290 g/mol. The van der Waals surface area contributed by atoms with E-state index in [-0.39, 0.29) is 5.41 Å². The fourth-order valence-corrected chi connectivity index (χ4v) is 2.94. The van der Waals surface area contributed by atoms with Crippen LogP contribution in [-0.2, 0) is 18.4 Å². The third-order valence-electron chi connectivity index (χ3n) is 3.81. The lowest BCUT2D eigenvalue weighted by Gasteiger charge is -2.31. The van der Waals surface area contributed by atoms with Crippen molar-refractivity contribution in [3.8, 4) is 0 Å². The van der Waals surface area contributed by atoms with E-state index >= 15 is 0 Å². The Balaban J connectivity index is 2.39. The fraction of sp³-hybridized carbons (Fsp3) is 0.647. The first-order valence-corrected chi connectivity index (χ1v) is 7.67. The number of aromatic nitrogens is 1. The minimum absolute atomic E-state index is 0.252. The molecule has 0 bridgehead atoms. The number of aromatic carboxylic acids is 1. The number of rotatable bonds is 3. The van der Waals surface area contributed by atoms with E-state index in [1.165, 1.54) is 0 Å². The Morgan fingerprint density at radius 3 is 2.62 bits per heavy atom. The number of nitrogens with zero attached hydrogens (tertiary/aromatic N) is 2. The van der Waals surface area contributed by atoms with E-state index in [2.05, 4.69) is 18.7 Å². The molecule has 1 aromatic rings. The van der Waals surface area contributed by atoms with Gasteiger partial charge in [0.25, 0.3) is 0 Å². The molecule has 1 N–H and O–H groups in total. The second-order valence-corrected chi connectivity index (χ2v) is 7.42. The van der Waals surface area contributed by atoms with Crippen molar-refractivity contribution in [2.24, 2.45) is 5.92 Å². The van der Waals surface area contributed by atoms with Crippen molar-refractivity contribution in [1.29, 1.82) is 0 Å². The Bertz CT molecular complexity index is 544. The summed E-state index contributed by atoms with van der Waals surface area (Å²) in [5.41, 5.74) is 2.95. The van der Waals surface area contributed by atoms with Gasteiger partial charge < -0.3 is 5.11 Å². The number of hydrogen-bond acceptors (Lipinski definition) is 3. The SMILES string of the molecule is CC(C)CN1CCc2nc(C(C)(C)C)c(C(=O)O)cc2C1. The second-order valence-electron chi connectivity index (χ2n) is 7.42. The van der Waals surface area contributed by atoms with E-state index < -0.39 is 5.97 Å². The number of hydrogen-bond donors (Lipinski definition) is 1. The molecule has 0 saturated heterocycles. The Hall–Kier alpha value is -1.42. The second kappa shape index (κ2) is 5.76. The maximum atomic E-state index is 11.6. The highest BCUT2D eigenvalue weighted by Crippen LogP contribution is 2.28. The Kier molecular flexibility index (Phi) is 4.38. The average molecular weight is 290 g/mol. The normalized spacial score (nSPS) is 16.1. The van der Waals surface area contributed by atoms with Gasteiger partial charge in [-0.1, -0.05) is 34.6 Å². The van der Waals surface area contributed by atoms with Crippen LogP contribution in [0.25, 0.3) is 0 Å². The Morgan fingerprint density at radius 1 is 1.43 bits per heavy atom. The summed E-state index contributed by atoms with van der Waals surface area (Å²) in [6.45, 7) is 13.3. The molecule has 1 aliphatic rings. The third-order valence-corrected chi connectivity index (χ3v) is 3.81. The molecule has 21 heavy (non-hydrogen) atoms. The van der Waals surface area contributed by atoms with Gasteiger partial charge in [-0.2, -0.15) is 0 Å². The van der Waals surface area contributed by atoms with Crippen LogP contribution in [0.3, 0.4) is 0 Å². The van der Waals surface area contributed by atoms with Crippen LogP contribution in [0.2, 0.25) is 0 Å². The number of fused-ring (bicyclic) bond motifs is 1. The first kappa shape index (κ1) is 16.0. The Labute approximate surface area is 127 Å². The molecule has 4 heteroatoms. The molecule has 116 valence electrons. The highest BCUT2D eigenvalue weighted by molar-refractivity contribution is 5.89. The van der Waals surface area contributed by atoms with Crippen molar-refractivity contribution >= 4 is 5.97 Å². The van der Waals surface area contributed by atoms with Gasteiger partial charge in [-0.15, -0.1) is 0 Å². The molecule has 0 aliphatic carbocycles. The molecular formula is C17H26N2O2. The molecule has 2 heterocycles. The zero-order valence-corrected chi connectivity index (χ0v) is 13.7. The van der Waals surface area contributed by atoms with Gasteiger partial charge in [0.2, 0.25) is 0 Å². The molecule has 1 aromatic heterocycles. The average Bonchev–Trinajstić information content (AvgIpc) is 2.35. The van der Waals surface area contributed by atoms with Gasteiger partial charge in [-0.05, 0) is 17.5 Å². The van der Waals surface area contributed by atoms with Crippen LogP contribution >= 0.6 is 0 Å². The third kappa shape index (κ3) is 3.62. The maximum Gasteiger partial charge on any atom is 0.337 e. The van der Waals surface area contributed by atoms with Crippen molar-refractivity contribution in [3.63, 3.8) is 0 Å². The van der Waals surface area contributed by atoms with Crippen molar-refractivity contribution in [2.75, 3.05) is 13.1 Å². The van der Waals surface area contributed by atoms with Gasteiger partial charge in [0.15, 0.2) is 0 Å². The molecule has 0 unspecified atom stereocenters. The smallest absolute Gasteiger partial charge is 0.337 e. The van der Waals surface area contributed by atoms with Crippen LogP contribution in [-0.4, -0.2) is 34.0 Å². The lowest BCUT2D eigenvalue weighted by molar-refractivity contribution is 0.0693. The number of carboxylic acid groups (broad SMARTS) is 1. The lowest BCUT2D eigenvalue weighted by atomic mass is 9.86. The van der Waals surface area contributed by atoms with Crippen LogP contribution < -0.4 is 0 Å². The zero-order valence-electron chi connectivity index (χ0n) is 13.7. The van der Waals surface area contributed by atoms with Gasteiger partial charge in [0.1, 0.15) is 0 Å². The summed E-state index contributed by atoms with van der Waals surface area (Å²) in [5.74, 6) is -0.261. The van der Waals surface area contributed by atoms with Gasteiger partial charge in [0, 0.05) is 37.2 Å². The molecule has 0 amide bonds. The van der Waals surface area contributed by atoms with Gasteiger partial charge in [-0.3, -0.25) is 9.88 Å². The van der Waals surface area contributed by atoms with E-state index in [1.807, 2.05) is 26.8 Å². The zero-order chi connectivity index (χ0) is 15.8. The van der Waals surface area contributed by atoms with E-state index in [0.29, 0.717) is 17.2 Å². The molecule has 0 radical (unpaired) electrons. The molecule has 1 aliphatic heterocycles. The topological polar surface area (TPSA) is 53.4 Å². The molecule has 0 fully saturated rings. The maximum absolute atomic E-state index is 11.6. The standard InChI is InChI=1S/C17H26N2O2/c1-11(2)9-19-7-6-14-12(10-19)8-13(16(20)21)15(18-14)17(3,4)5/h8,11H,6-7,9-10H2,1-5H3,(H,20,21). The summed E-state index contributed by atoms with van der Waals surface area (Å²) in [6, 6.07) is 1.84. The van der Waals surface area contributed by atoms with Crippen molar-refractivity contribution in [2.45, 2.75) is 53.0 Å². The largest absolute Gasteiger partial charge is 0.478 e. The van der Waals surface area contributed by atoms with Gasteiger partial charge in [0.05, 0.1) is 11.3 Å². The summed E-state index contributed by atoms with van der Waals surface area (Å²) < 4.78 is 0. The highest BCUT2D eigenvalue weighted by Gasteiger charge is 2.27. The van der Waals surface area contributed by atoms with Crippen LogP contribution in [0.5, 0.6) is 0 Å². The quantitative estimate of drug-likeness (QED) is 0.929. The van der Waals surface area contributed by atoms with E-state index in [1.54, 1.807) is 0 Å². The predicted molar refractivity (Wildman–Crippen MR) is 83.7 cm³/mol. The first-order chi connectivity index (χ1) is 9.68. The summed E-state index contributed by atoms with van der Waals surface area (Å²) in [6.07, 6.45) is 0.908. The van der Waals surface area contributed by atoms with Crippen LogP contribution in [0.4, 0.5) is 0 Å². The van der Waals surface area contributed by atoms with Gasteiger partial charge >= 0.3 is 5.97 Å². The van der Waals surface area contributed by atoms with Crippen molar-refractivity contribution in [1.82, 2.24) is 9.88 Å².